The summed E-state index contributed by atoms with van der Waals surface area (Å²) in [5.74, 6) is 0.608. The molecule has 1 aliphatic heterocycles. The molecule has 0 unspecified atom stereocenters. The number of fused-ring (bicyclic) bond motifs is 3. The van der Waals surface area contributed by atoms with Crippen LogP contribution in [0.1, 0.15) is 19.3 Å². The van der Waals surface area contributed by atoms with E-state index in [2.05, 4.69) is 31.9 Å². The molecule has 2 bridgehead atoms. The smallest absolute Gasteiger partial charge is 0.187 e. The van der Waals surface area contributed by atoms with Gasteiger partial charge in [-0.25, -0.2) is 0 Å². The second kappa shape index (κ2) is 3.35. The van der Waals surface area contributed by atoms with Gasteiger partial charge in [-0.05, 0) is 25.2 Å². The average Bonchev–Trinajstić information content (AvgIpc) is 2.99. The van der Waals surface area contributed by atoms with Gasteiger partial charge in [0.05, 0.1) is 22.4 Å². The molecule has 1 heterocycles. The van der Waals surface area contributed by atoms with Crippen molar-refractivity contribution in [2.45, 2.75) is 34.2 Å². The van der Waals surface area contributed by atoms with Crippen LogP contribution in [-0.2, 0) is 14.3 Å². The third-order valence-corrected chi connectivity index (χ3v) is 7.52. The molecule has 4 fully saturated rings. The average molecular weight is 366 g/mol. The van der Waals surface area contributed by atoms with Gasteiger partial charge < -0.3 is 9.47 Å². The highest BCUT2D eigenvalue weighted by Crippen LogP contribution is 2.71. The number of carbonyl (C=O) groups is 1. The molecule has 3 saturated carbocycles. The Morgan fingerprint density at radius 1 is 1.24 bits per heavy atom. The number of hydrogen-bond donors (Lipinski definition) is 0. The van der Waals surface area contributed by atoms with Crippen molar-refractivity contribution in [3.8, 4) is 0 Å². The number of rotatable bonds is 0. The van der Waals surface area contributed by atoms with Gasteiger partial charge in [-0.1, -0.05) is 31.9 Å². The minimum atomic E-state index is -0.509. The van der Waals surface area contributed by atoms with Crippen molar-refractivity contribution in [1.82, 2.24) is 0 Å². The molecule has 5 atom stereocenters. The lowest BCUT2D eigenvalue weighted by molar-refractivity contribution is -0.184. The van der Waals surface area contributed by atoms with E-state index in [1.807, 2.05) is 0 Å². The summed E-state index contributed by atoms with van der Waals surface area (Å²) in [5, 5.41) is 0. The molecular formula is C12H14Br2O3. The first kappa shape index (κ1) is 11.4. The number of ether oxygens (including phenoxy) is 2. The molecular weight excluding hydrogens is 352 g/mol. The van der Waals surface area contributed by atoms with Gasteiger partial charge in [0.2, 0.25) is 0 Å². The molecule has 1 saturated heterocycles. The Morgan fingerprint density at radius 2 is 1.94 bits per heavy atom. The molecule has 4 aliphatic rings. The summed E-state index contributed by atoms with van der Waals surface area (Å²) in [6.45, 7) is 1.32. The Kier molecular flexibility index (Phi) is 2.24. The highest BCUT2D eigenvalue weighted by molar-refractivity contribution is 9.10. The first-order chi connectivity index (χ1) is 8.10. The molecule has 0 aromatic heterocycles. The predicted octanol–water partition coefficient (Wildman–Crippen LogP) is 2.26. The zero-order valence-electron chi connectivity index (χ0n) is 9.33. The lowest BCUT2D eigenvalue weighted by atomic mass is 9.81. The van der Waals surface area contributed by atoms with Crippen LogP contribution in [0.4, 0.5) is 0 Å². The van der Waals surface area contributed by atoms with Crippen molar-refractivity contribution in [2.75, 3.05) is 13.2 Å². The minimum Gasteiger partial charge on any atom is -0.346 e. The number of hydrogen-bond acceptors (Lipinski definition) is 3. The summed E-state index contributed by atoms with van der Waals surface area (Å²) >= 11 is 7.42. The topological polar surface area (TPSA) is 35.5 Å². The maximum Gasteiger partial charge on any atom is 0.187 e. The van der Waals surface area contributed by atoms with E-state index >= 15 is 0 Å². The molecule has 0 aromatic rings. The lowest BCUT2D eigenvalue weighted by Crippen LogP contribution is -2.48. The fourth-order valence-corrected chi connectivity index (χ4v) is 6.55. The number of ketones is 1. The van der Waals surface area contributed by atoms with Crippen LogP contribution in [0.2, 0.25) is 0 Å². The van der Waals surface area contributed by atoms with Gasteiger partial charge in [0, 0.05) is 11.8 Å². The molecule has 4 rings (SSSR count). The number of carbonyl (C=O) groups excluding carboxylic acids is 1. The van der Waals surface area contributed by atoms with Gasteiger partial charge in [-0.3, -0.25) is 4.79 Å². The third-order valence-electron chi connectivity index (χ3n) is 5.16. The molecule has 0 radical (unpaired) electrons. The fraction of sp³-hybridized carbons (Fsp3) is 0.917. The lowest BCUT2D eigenvalue weighted by Gasteiger charge is -2.37. The van der Waals surface area contributed by atoms with E-state index in [1.165, 1.54) is 0 Å². The van der Waals surface area contributed by atoms with Crippen molar-refractivity contribution in [1.29, 1.82) is 0 Å². The quantitative estimate of drug-likeness (QED) is 0.617. The van der Waals surface area contributed by atoms with Crippen molar-refractivity contribution in [3.05, 3.63) is 0 Å². The summed E-state index contributed by atoms with van der Waals surface area (Å²) < 4.78 is 11.8. The Morgan fingerprint density at radius 3 is 2.59 bits per heavy atom. The summed E-state index contributed by atoms with van der Waals surface area (Å²) in [7, 11) is 0. The van der Waals surface area contributed by atoms with E-state index in [1.54, 1.807) is 0 Å². The fourth-order valence-electron chi connectivity index (χ4n) is 4.62. The van der Waals surface area contributed by atoms with Crippen molar-refractivity contribution < 1.29 is 14.3 Å². The first-order valence-electron chi connectivity index (χ1n) is 6.25. The summed E-state index contributed by atoms with van der Waals surface area (Å²) in [5.41, 5.74) is 0. The van der Waals surface area contributed by atoms with Crippen molar-refractivity contribution in [3.63, 3.8) is 0 Å². The highest BCUT2D eigenvalue weighted by Gasteiger charge is 2.78. The summed E-state index contributed by atoms with van der Waals surface area (Å²) in [6, 6.07) is 0. The van der Waals surface area contributed by atoms with Gasteiger partial charge in [-0.15, -0.1) is 0 Å². The Bertz CT molecular complexity index is 393. The Hall–Kier alpha value is 0.550. The van der Waals surface area contributed by atoms with Crippen LogP contribution in [0.25, 0.3) is 0 Å². The molecule has 1 spiro atoms. The van der Waals surface area contributed by atoms with E-state index in [0.29, 0.717) is 24.9 Å². The largest absolute Gasteiger partial charge is 0.346 e. The highest BCUT2D eigenvalue weighted by atomic mass is 79.9. The second-order valence-electron chi connectivity index (χ2n) is 5.61. The minimum absolute atomic E-state index is 0.0359. The normalized spacial score (nSPS) is 54.8. The van der Waals surface area contributed by atoms with E-state index in [-0.39, 0.29) is 21.0 Å². The molecule has 3 aliphatic carbocycles. The summed E-state index contributed by atoms with van der Waals surface area (Å²) in [4.78, 5) is 12.3. The van der Waals surface area contributed by atoms with E-state index in [0.717, 1.165) is 19.3 Å². The second-order valence-corrected chi connectivity index (χ2v) is 8.13. The van der Waals surface area contributed by atoms with Crippen molar-refractivity contribution in [2.24, 2.45) is 17.8 Å². The monoisotopic (exact) mass is 364 g/mol. The Balaban J connectivity index is 1.83. The van der Waals surface area contributed by atoms with E-state index in [9.17, 15) is 4.79 Å². The van der Waals surface area contributed by atoms with Gasteiger partial charge in [0.15, 0.2) is 5.79 Å². The van der Waals surface area contributed by atoms with Crippen LogP contribution in [-0.4, -0.2) is 33.9 Å². The maximum atomic E-state index is 12.3. The van der Waals surface area contributed by atoms with Gasteiger partial charge in [-0.2, -0.15) is 0 Å². The first-order valence-corrected chi connectivity index (χ1v) is 7.96. The van der Waals surface area contributed by atoms with Crippen LogP contribution in [0.3, 0.4) is 0 Å². The van der Waals surface area contributed by atoms with Crippen LogP contribution in [0, 0.1) is 17.8 Å². The standard InChI is InChI=1S/C12H14Br2O3/c13-8-5-7-9(10(8)15)6-1-2-11(7,14)12(6)16-3-4-17-12/h6-9H,1-5H2/t6-,7+,8+,9+,11-/m0/s1. The number of alkyl halides is 2. The number of Topliss-reactive ketones (excluding diaryl/α,β-unsaturated/α-hetero) is 1. The zero-order chi connectivity index (χ0) is 11.8. The van der Waals surface area contributed by atoms with Crippen LogP contribution >= 0.6 is 31.9 Å². The van der Waals surface area contributed by atoms with Crippen LogP contribution < -0.4 is 0 Å². The molecule has 5 heteroatoms. The SMILES string of the molecule is O=C1[C@H]2[C@@H](C[C@H]1Br)[C@@]1(Br)CC[C@@H]2C12OCCO2. The van der Waals surface area contributed by atoms with Crippen LogP contribution in [0.15, 0.2) is 0 Å². The maximum absolute atomic E-state index is 12.3. The van der Waals surface area contributed by atoms with Gasteiger partial charge in [0.1, 0.15) is 5.78 Å². The summed E-state index contributed by atoms with van der Waals surface area (Å²) in [6.07, 6.45) is 3.02. The molecule has 0 amide bonds. The third kappa shape index (κ3) is 1.10. The van der Waals surface area contributed by atoms with Gasteiger partial charge in [0.25, 0.3) is 0 Å². The Labute approximate surface area is 117 Å². The van der Waals surface area contributed by atoms with Gasteiger partial charge >= 0.3 is 0 Å². The molecule has 17 heavy (non-hydrogen) atoms. The molecule has 0 aromatic carbocycles. The predicted molar refractivity (Wildman–Crippen MR) is 68.3 cm³/mol. The molecule has 3 nitrogen and oxygen atoms in total. The molecule has 94 valence electrons. The van der Waals surface area contributed by atoms with E-state index < -0.39 is 5.79 Å². The van der Waals surface area contributed by atoms with Crippen LogP contribution in [0.5, 0.6) is 0 Å². The molecule has 0 N–H and O–H groups in total. The zero-order valence-corrected chi connectivity index (χ0v) is 12.5. The van der Waals surface area contributed by atoms with Crippen molar-refractivity contribution >= 4 is 37.6 Å². The van der Waals surface area contributed by atoms with E-state index in [4.69, 9.17) is 9.47 Å². The number of halogens is 2.